The van der Waals surface area contributed by atoms with E-state index in [0.29, 0.717) is 17.8 Å². The van der Waals surface area contributed by atoms with Gasteiger partial charge in [-0.1, -0.05) is 12.1 Å². The molecule has 0 spiro atoms. The normalized spacial score (nSPS) is 10.6. The molecule has 0 aliphatic carbocycles. The Bertz CT molecular complexity index is 856. The summed E-state index contributed by atoms with van der Waals surface area (Å²) in [7, 11) is 3.00. The van der Waals surface area contributed by atoms with E-state index in [0.717, 1.165) is 21.7 Å². The van der Waals surface area contributed by atoms with Crippen molar-refractivity contribution in [1.82, 2.24) is 5.01 Å². The number of benzene rings is 2. The number of nitrogens with two attached hydrogens (primary N) is 2. The van der Waals surface area contributed by atoms with E-state index in [1.165, 1.54) is 31.2 Å². The van der Waals surface area contributed by atoms with Crippen LogP contribution in [0, 0.1) is 20.8 Å². The second-order valence-corrected chi connectivity index (χ2v) is 6.67. The van der Waals surface area contributed by atoms with Gasteiger partial charge in [-0.15, -0.1) is 13.2 Å². The van der Waals surface area contributed by atoms with Gasteiger partial charge in [0.1, 0.15) is 18.1 Å². The van der Waals surface area contributed by atoms with E-state index in [9.17, 15) is 18.0 Å². The van der Waals surface area contributed by atoms with E-state index >= 15 is 0 Å². The van der Waals surface area contributed by atoms with Gasteiger partial charge in [0.15, 0.2) is 0 Å². The average Bonchev–Trinajstić information content (AvgIpc) is 2.63. The van der Waals surface area contributed by atoms with Crippen LogP contribution in [0.15, 0.2) is 30.3 Å². The first-order chi connectivity index (χ1) is 13.9. The Morgan fingerprint density at radius 1 is 1.00 bits per heavy atom. The Balaban J connectivity index is 0.000000804. The topological polar surface area (TPSA) is 94.0 Å². The molecule has 0 aliphatic rings. The summed E-state index contributed by atoms with van der Waals surface area (Å²) in [6, 6.07) is 8.13. The monoisotopic (exact) mass is 428 g/mol. The van der Waals surface area contributed by atoms with Gasteiger partial charge < -0.3 is 14.5 Å². The maximum Gasteiger partial charge on any atom is 0.573 e. The van der Waals surface area contributed by atoms with Crippen LogP contribution in [0.1, 0.15) is 22.3 Å². The van der Waals surface area contributed by atoms with E-state index in [4.69, 9.17) is 16.4 Å². The molecule has 0 saturated carbocycles. The van der Waals surface area contributed by atoms with Crippen molar-refractivity contribution in [3.8, 4) is 11.5 Å². The second kappa shape index (κ2) is 10.7. The molecular weight excluding hydrogens is 401 g/mol. The Kier molecular flexibility index (Phi) is 8.94. The van der Waals surface area contributed by atoms with Crippen LogP contribution in [0.3, 0.4) is 0 Å². The number of aryl methyl sites for hydroxylation is 3. The van der Waals surface area contributed by atoms with E-state index < -0.39 is 6.36 Å². The number of hydrogen-bond acceptors (Lipinski definition) is 6. The first-order valence-electron chi connectivity index (χ1n) is 8.85. The molecule has 0 aromatic heterocycles. The van der Waals surface area contributed by atoms with Crippen LogP contribution in [0.2, 0.25) is 0 Å². The van der Waals surface area contributed by atoms with Crippen molar-refractivity contribution in [1.29, 1.82) is 0 Å². The molecule has 0 aliphatic heterocycles. The van der Waals surface area contributed by atoms with Crippen molar-refractivity contribution in [3.63, 3.8) is 0 Å². The summed E-state index contributed by atoms with van der Waals surface area (Å²) < 4.78 is 47.9. The lowest BCUT2D eigenvalue weighted by molar-refractivity contribution is -0.275. The van der Waals surface area contributed by atoms with E-state index in [-0.39, 0.29) is 17.9 Å². The third-order valence-corrected chi connectivity index (χ3v) is 4.04. The average molecular weight is 428 g/mol. The molecular formula is C20H27F3N4O3. The molecule has 1 amide bonds. The van der Waals surface area contributed by atoms with E-state index in [2.05, 4.69) is 4.74 Å². The number of rotatable bonds is 6. The zero-order valence-electron chi connectivity index (χ0n) is 17.6. The van der Waals surface area contributed by atoms with Gasteiger partial charge in [-0.05, 0) is 55.7 Å². The number of hydrazine groups is 2. The van der Waals surface area contributed by atoms with Crippen LogP contribution in [-0.2, 0) is 11.4 Å². The molecule has 2 aromatic rings. The molecule has 7 nitrogen and oxygen atoms in total. The Morgan fingerprint density at radius 2 is 1.57 bits per heavy atom. The second-order valence-electron chi connectivity index (χ2n) is 6.67. The fraction of sp³-hybridized carbons (Fsp3) is 0.350. The minimum atomic E-state index is -4.79. The lowest BCUT2D eigenvalue weighted by Crippen LogP contribution is -2.27. The molecule has 166 valence electrons. The lowest BCUT2D eigenvalue weighted by Gasteiger charge is -2.21. The first-order valence-corrected chi connectivity index (χ1v) is 8.85. The number of halogens is 3. The largest absolute Gasteiger partial charge is 0.573 e. The smallest absolute Gasteiger partial charge is 0.488 e. The first kappa shape index (κ1) is 25.1. The van der Waals surface area contributed by atoms with Crippen molar-refractivity contribution in [2.45, 2.75) is 33.7 Å². The summed E-state index contributed by atoms with van der Waals surface area (Å²) in [5.74, 6) is 10.8. The van der Waals surface area contributed by atoms with Gasteiger partial charge in [0, 0.05) is 14.1 Å². The van der Waals surface area contributed by atoms with Crippen molar-refractivity contribution in [3.05, 3.63) is 52.6 Å². The van der Waals surface area contributed by atoms with Crippen LogP contribution in [-0.4, -0.2) is 31.9 Å². The molecule has 0 fully saturated rings. The highest BCUT2D eigenvalue weighted by molar-refractivity contribution is 5.58. The van der Waals surface area contributed by atoms with Crippen molar-refractivity contribution >= 4 is 12.1 Å². The third kappa shape index (κ3) is 7.80. The molecule has 0 bridgehead atoms. The minimum Gasteiger partial charge on any atom is -0.488 e. The van der Waals surface area contributed by atoms with Gasteiger partial charge >= 0.3 is 6.36 Å². The van der Waals surface area contributed by atoms with Gasteiger partial charge in [-0.2, -0.15) is 0 Å². The molecule has 0 heterocycles. The summed E-state index contributed by atoms with van der Waals surface area (Å²) in [6.07, 6.45) is -4.27. The van der Waals surface area contributed by atoms with Crippen LogP contribution in [0.25, 0.3) is 0 Å². The van der Waals surface area contributed by atoms with Gasteiger partial charge in [0.25, 0.3) is 0 Å². The SMILES string of the molecule is CN(N)C=O.Cc1cc(C)c(OCc2c(OC(F)(F)F)cccc2N(C)N)cc1C. The highest BCUT2D eigenvalue weighted by Gasteiger charge is 2.32. The predicted octanol–water partition coefficient (Wildman–Crippen LogP) is 3.35. The van der Waals surface area contributed by atoms with Crippen molar-refractivity contribution < 1.29 is 27.4 Å². The van der Waals surface area contributed by atoms with E-state index in [1.807, 2.05) is 32.9 Å². The summed E-state index contributed by atoms with van der Waals surface area (Å²) in [4.78, 5) is 9.31. The van der Waals surface area contributed by atoms with Gasteiger partial charge in [0.05, 0.1) is 11.3 Å². The van der Waals surface area contributed by atoms with Crippen LogP contribution in [0.5, 0.6) is 11.5 Å². The van der Waals surface area contributed by atoms with Crippen molar-refractivity contribution in [2.24, 2.45) is 11.7 Å². The minimum absolute atomic E-state index is 0.105. The lowest BCUT2D eigenvalue weighted by atomic mass is 10.1. The molecule has 0 unspecified atom stereocenters. The predicted molar refractivity (Wildman–Crippen MR) is 109 cm³/mol. The van der Waals surface area contributed by atoms with Crippen LogP contribution >= 0.6 is 0 Å². The maximum absolute atomic E-state index is 12.7. The third-order valence-electron chi connectivity index (χ3n) is 4.04. The number of amides is 1. The molecule has 4 N–H and O–H groups in total. The highest BCUT2D eigenvalue weighted by Crippen LogP contribution is 2.33. The summed E-state index contributed by atoms with van der Waals surface area (Å²) in [5.41, 5.74) is 3.68. The number of nitrogens with zero attached hydrogens (tertiary/aromatic N) is 2. The molecule has 0 saturated heterocycles. The van der Waals surface area contributed by atoms with E-state index in [1.54, 1.807) is 6.07 Å². The van der Waals surface area contributed by atoms with Gasteiger partial charge in [0.2, 0.25) is 6.41 Å². The number of alkyl halides is 3. The number of anilines is 1. The molecule has 0 radical (unpaired) electrons. The number of carbonyl (C=O) groups excluding carboxylic acids is 1. The number of carbonyl (C=O) groups is 1. The quantitative estimate of drug-likeness (QED) is 0.317. The molecule has 30 heavy (non-hydrogen) atoms. The fourth-order valence-corrected chi connectivity index (χ4v) is 2.49. The summed E-state index contributed by atoms with van der Waals surface area (Å²) >= 11 is 0. The number of hydrogen-bond donors (Lipinski definition) is 2. The Hall–Kier alpha value is -2.98. The Morgan fingerprint density at radius 3 is 2.07 bits per heavy atom. The summed E-state index contributed by atoms with van der Waals surface area (Å²) in [5, 5.41) is 2.18. The molecule has 2 rings (SSSR count). The molecule has 0 atom stereocenters. The number of ether oxygens (including phenoxy) is 2. The summed E-state index contributed by atoms with van der Waals surface area (Å²) in [6.45, 7) is 5.71. The van der Waals surface area contributed by atoms with Gasteiger partial charge in [-0.25, -0.2) is 11.7 Å². The standard InChI is InChI=1S/C18H21F3N2O2.C2H6N2O/c1-11-8-13(3)17(9-12(11)2)24-10-14-15(23(4)22)6-5-7-16(14)25-18(19,20)21;1-4(3)2-5/h5-9H,10,22H2,1-4H3;2H,3H2,1H3. The van der Waals surface area contributed by atoms with Crippen molar-refractivity contribution in [2.75, 3.05) is 19.1 Å². The van der Waals surface area contributed by atoms with Crippen LogP contribution < -0.4 is 26.2 Å². The van der Waals surface area contributed by atoms with Crippen LogP contribution in [0.4, 0.5) is 18.9 Å². The highest BCUT2D eigenvalue weighted by atomic mass is 19.4. The van der Waals surface area contributed by atoms with Gasteiger partial charge in [-0.3, -0.25) is 9.80 Å². The zero-order valence-corrected chi connectivity index (χ0v) is 17.6. The molecule has 10 heteroatoms. The molecule has 2 aromatic carbocycles. The zero-order chi connectivity index (χ0) is 23.1. The maximum atomic E-state index is 12.7. The Labute approximate surface area is 173 Å². The fourth-order valence-electron chi connectivity index (χ4n) is 2.49.